The van der Waals surface area contributed by atoms with Gasteiger partial charge in [-0.25, -0.2) is 13.8 Å². The number of hydrogen-bond donors (Lipinski definition) is 4. The quantitative estimate of drug-likeness (QED) is 0.0658. The van der Waals surface area contributed by atoms with E-state index in [1.807, 2.05) is 24.3 Å². The number of piperidine rings is 3. The molecule has 1 atom stereocenters. The molecule has 3 aromatic carbocycles. The zero-order valence-electron chi connectivity index (χ0n) is 36.9. The predicted octanol–water partition coefficient (Wildman–Crippen LogP) is 8.99. The molecule has 0 bridgehead atoms. The Morgan fingerprint density at radius 3 is 2.34 bits per heavy atom. The molecule has 0 unspecified atom stereocenters. The third-order valence-corrected chi connectivity index (χ3v) is 15.2. The largest absolute Gasteiger partial charge is 0.494 e. The number of nitrogens with zero attached hydrogens (tertiary/aromatic N) is 5. The van der Waals surface area contributed by atoms with Crippen LogP contribution in [0.3, 0.4) is 0 Å². The summed E-state index contributed by atoms with van der Waals surface area (Å²) in [5.41, 5.74) is 5.77. The van der Waals surface area contributed by atoms with E-state index in [-0.39, 0.29) is 23.8 Å². The molecule has 4 N–H and O–H groups in total. The predicted molar refractivity (Wildman–Crippen MR) is 254 cm³/mol. The second kappa shape index (κ2) is 18.7. The first-order valence-corrected chi connectivity index (χ1v) is 25.3. The van der Waals surface area contributed by atoms with Crippen molar-refractivity contribution in [1.82, 2.24) is 25.2 Å². The Labute approximate surface area is 381 Å². The van der Waals surface area contributed by atoms with Crippen LogP contribution in [0.15, 0.2) is 59.2 Å². The van der Waals surface area contributed by atoms with Gasteiger partial charge in [-0.3, -0.25) is 19.9 Å². The van der Waals surface area contributed by atoms with E-state index >= 15 is 8.78 Å². The molecule has 64 heavy (non-hydrogen) atoms. The minimum atomic E-state index is -2.74. The first kappa shape index (κ1) is 45.4. The number of aryl methyl sites for hydroxylation is 2. The average molecular weight is 959 g/mol. The number of rotatable bonds is 13. The van der Waals surface area contributed by atoms with Crippen LogP contribution in [0.5, 0.6) is 5.75 Å². The Bertz CT molecular complexity index is 2620. The van der Waals surface area contributed by atoms with E-state index in [2.05, 4.69) is 78.0 Å². The highest BCUT2D eigenvalue weighted by molar-refractivity contribution is 9.10. The molecule has 17 heteroatoms. The third kappa shape index (κ3) is 9.74. The number of carbonyl (C=O) groups excluding carboxylic acids is 2. The molecule has 338 valence electrons. The van der Waals surface area contributed by atoms with Crippen LogP contribution in [0.1, 0.15) is 68.2 Å². The van der Waals surface area contributed by atoms with Crippen molar-refractivity contribution < 1.29 is 27.7 Å². The lowest BCUT2D eigenvalue weighted by atomic mass is 9.71. The molecule has 2 aromatic heterocycles. The number of hydrogen-bond acceptors (Lipinski definition) is 12. The molecule has 5 heterocycles. The summed E-state index contributed by atoms with van der Waals surface area (Å²) in [5.74, 6) is -2.11. The fourth-order valence-electron chi connectivity index (χ4n) is 9.48. The minimum Gasteiger partial charge on any atom is -0.494 e. The monoisotopic (exact) mass is 957 g/mol. The Morgan fingerprint density at radius 1 is 0.953 bits per heavy atom. The summed E-state index contributed by atoms with van der Waals surface area (Å²) in [4.78, 5) is 42.7. The van der Waals surface area contributed by atoms with Gasteiger partial charge in [0, 0.05) is 78.2 Å². The maximum Gasteiger partial charge on any atom is 0.234 e. The number of likely N-dealkylation sites (tertiary alicyclic amines) is 1. The fraction of sp³-hybridized carbons (Fsp3) is 0.426. The maximum absolute atomic E-state index is 15.0. The van der Waals surface area contributed by atoms with Gasteiger partial charge in [0.1, 0.15) is 30.3 Å². The van der Waals surface area contributed by atoms with Crippen molar-refractivity contribution in [1.29, 1.82) is 0 Å². The summed E-state index contributed by atoms with van der Waals surface area (Å²) in [7, 11) is -1.08. The number of anilines is 6. The Kier molecular flexibility index (Phi) is 13.3. The van der Waals surface area contributed by atoms with Gasteiger partial charge in [0.15, 0.2) is 0 Å². The zero-order chi connectivity index (χ0) is 45.3. The van der Waals surface area contributed by atoms with Gasteiger partial charge in [0.05, 0.1) is 34.4 Å². The Balaban J connectivity index is 0.863. The number of pyridine rings is 1. The second-order valence-corrected chi connectivity index (χ2v) is 21.6. The molecule has 13 nitrogen and oxygen atoms in total. The third-order valence-electron chi connectivity index (χ3n) is 13.1. The summed E-state index contributed by atoms with van der Waals surface area (Å²) in [6.07, 6.45) is 6.99. The molecule has 0 saturated carbocycles. The van der Waals surface area contributed by atoms with Crippen molar-refractivity contribution in [2.24, 2.45) is 5.41 Å². The van der Waals surface area contributed by atoms with E-state index in [0.29, 0.717) is 39.9 Å². The van der Waals surface area contributed by atoms with Gasteiger partial charge in [-0.05, 0) is 135 Å². The molecule has 0 radical (unpaired) electrons. The summed E-state index contributed by atoms with van der Waals surface area (Å²) in [6.45, 7) is 12.8. The van der Waals surface area contributed by atoms with Crippen LogP contribution >= 0.6 is 23.1 Å². The van der Waals surface area contributed by atoms with Crippen molar-refractivity contribution in [2.75, 3.05) is 80.6 Å². The molecule has 5 aromatic rings. The molecular formula is C47H55BrF2N9O4P. The summed E-state index contributed by atoms with van der Waals surface area (Å²) in [5, 5.41) is 13.7. The van der Waals surface area contributed by atoms with E-state index in [9.17, 15) is 14.2 Å². The lowest BCUT2D eigenvalue weighted by Crippen LogP contribution is -2.47. The number of amides is 2. The van der Waals surface area contributed by atoms with Crippen molar-refractivity contribution in [3.05, 3.63) is 87.7 Å². The highest BCUT2D eigenvalue weighted by atomic mass is 79.9. The Morgan fingerprint density at radius 2 is 1.67 bits per heavy atom. The van der Waals surface area contributed by atoms with E-state index in [4.69, 9.17) is 14.7 Å². The molecule has 0 aliphatic carbocycles. The number of carbonyl (C=O) groups is 2. The van der Waals surface area contributed by atoms with E-state index < -0.39 is 36.5 Å². The first-order chi connectivity index (χ1) is 30.6. The molecule has 8 rings (SSSR count). The molecular weight excluding hydrogens is 903 g/mol. The minimum absolute atomic E-state index is 0.0530. The van der Waals surface area contributed by atoms with Crippen LogP contribution in [-0.2, 0) is 20.6 Å². The summed E-state index contributed by atoms with van der Waals surface area (Å²) in [6, 6.07) is 14.5. The maximum atomic E-state index is 15.0. The standard InChI is InChI=1S/C47H55BrF2N9O4P/c1-6-29-7-8-31-36(53-29)10-11-37(43(31)64(4,5)62)54-44-33(48)27-52-46(57-44)55-38-23-28(2)39(26-40(38)63-3)59-20-15-47(16-21-59)13-18-58(19-14-47)22-17-51-30-24-34(49)42(35(50)25-30)32-9-12-41(60)56-45(32)61/h7-8,10-11,23-27,32,51H,6,9,12-22H2,1-5H3,(H,56,60,61)(H2,52,54,55,57)/t32-/m1/s1. The smallest absolute Gasteiger partial charge is 0.234 e. The summed E-state index contributed by atoms with van der Waals surface area (Å²) < 4.78 is 50.3. The lowest BCUT2D eigenvalue weighted by molar-refractivity contribution is -0.134. The molecule has 3 aliphatic heterocycles. The van der Waals surface area contributed by atoms with Gasteiger partial charge < -0.3 is 35.1 Å². The molecule has 3 fully saturated rings. The normalized spacial score (nSPS) is 18.0. The molecule has 1 spiro atoms. The SMILES string of the molecule is CCc1ccc2c(P(C)(C)=O)c(Nc3nc(Nc4cc(C)c(N5CCC6(CCN(CCNc7cc(F)c([C@H]8CCC(=O)NC8=O)c(F)c7)CC6)CC5)cc4OC)ncc3Br)ccc2n1. The van der Waals surface area contributed by atoms with Crippen molar-refractivity contribution >= 4 is 85.6 Å². The summed E-state index contributed by atoms with van der Waals surface area (Å²) >= 11 is 3.61. The topological polar surface area (TPSA) is 154 Å². The van der Waals surface area contributed by atoms with Crippen molar-refractivity contribution in [2.45, 2.75) is 64.7 Å². The van der Waals surface area contributed by atoms with Gasteiger partial charge in [-0.2, -0.15) is 4.98 Å². The molecule has 3 aliphatic rings. The van der Waals surface area contributed by atoms with Gasteiger partial charge in [-0.1, -0.05) is 13.0 Å². The second-order valence-electron chi connectivity index (χ2n) is 17.6. The highest BCUT2D eigenvalue weighted by Gasteiger charge is 2.38. The van der Waals surface area contributed by atoms with Gasteiger partial charge in [0.2, 0.25) is 17.8 Å². The van der Waals surface area contributed by atoms with E-state index in [1.165, 1.54) is 12.1 Å². The fourth-order valence-corrected chi connectivity index (χ4v) is 11.2. The zero-order valence-corrected chi connectivity index (χ0v) is 39.4. The van der Waals surface area contributed by atoms with E-state index in [1.54, 1.807) is 26.6 Å². The number of imide groups is 1. The van der Waals surface area contributed by atoms with Crippen LogP contribution in [0, 0.1) is 24.0 Å². The van der Waals surface area contributed by atoms with Crippen molar-refractivity contribution in [3.8, 4) is 5.75 Å². The van der Waals surface area contributed by atoms with Gasteiger partial charge in [0.25, 0.3) is 0 Å². The number of methoxy groups -OCH3 is 1. The van der Waals surface area contributed by atoms with Crippen LogP contribution < -0.4 is 36.2 Å². The molecule has 3 saturated heterocycles. The van der Waals surface area contributed by atoms with Crippen LogP contribution in [0.25, 0.3) is 10.9 Å². The van der Waals surface area contributed by atoms with Crippen LogP contribution in [-0.4, -0.2) is 91.4 Å². The Hall–Kier alpha value is -5.18. The number of nitrogens with one attached hydrogen (secondary N) is 4. The van der Waals surface area contributed by atoms with Crippen LogP contribution in [0.2, 0.25) is 0 Å². The number of aromatic nitrogens is 3. The lowest BCUT2D eigenvalue weighted by Gasteiger charge is -2.47. The van der Waals surface area contributed by atoms with Crippen LogP contribution in [0.4, 0.5) is 43.3 Å². The van der Waals surface area contributed by atoms with Crippen molar-refractivity contribution in [3.63, 3.8) is 0 Å². The highest BCUT2D eigenvalue weighted by Crippen LogP contribution is 2.45. The number of halogens is 3. The molecule has 2 amide bonds. The number of ether oxygens (including phenoxy) is 1. The number of benzene rings is 3. The van der Waals surface area contributed by atoms with E-state index in [0.717, 1.165) is 104 Å². The average Bonchev–Trinajstić information content (AvgIpc) is 3.26. The van der Waals surface area contributed by atoms with Gasteiger partial charge in [-0.15, -0.1) is 0 Å². The van der Waals surface area contributed by atoms with Gasteiger partial charge >= 0.3 is 0 Å². The first-order valence-electron chi connectivity index (χ1n) is 21.9. The number of fused-ring (bicyclic) bond motifs is 1.